The maximum Gasteiger partial charge on any atom is 0.264 e. The van der Waals surface area contributed by atoms with Gasteiger partial charge in [-0.2, -0.15) is 0 Å². The summed E-state index contributed by atoms with van der Waals surface area (Å²) < 4.78 is 16.8. The maximum absolute atomic E-state index is 12.4. The molecule has 1 aliphatic heterocycles. The number of amidine groups is 1. The summed E-state index contributed by atoms with van der Waals surface area (Å²) in [5.41, 5.74) is 1.51. The third-order valence-corrected chi connectivity index (χ3v) is 4.81. The van der Waals surface area contributed by atoms with E-state index in [1.54, 1.807) is 13.2 Å². The van der Waals surface area contributed by atoms with Crippen LogP contribution in [0.4, 0.5) is 5.69 Å². The van der Waals surface area contributed by atoms with E-state index < -0.39 is 0 Å². The van der Waals surface area contributed by atoms with Crippen molar-refractivity contribution in [2.45, 2.75) is 26.9 Å². The molecule has 1 heterocycles. The summed E-state index contributed by atoms with van der Waals surface area (Å²) >= 11 is 1.29. The SMILES string of the molecule is CCOc1ccc(N=C2NC(=O)/C(=C\c3cccc(OC)c3OC(C)C)S2)cc1. The topological polar surface area (TPSA) is 69.2 Å². The van der Waals surface area contributed by atoms with Gasteiger partial charge in [-0.1, -0.05) is 12.1 Å². The number of carbonyl (C=O) groups is 1. The molecule has 1 N–H and O–H groups in total. The first-order chi connectivity index (χ1) is 14.0. The summed E-state index contributed by atoms with van der Waals surface area (Å²) in [5.74, 6) is 1.83. The number of methoxy groups -OCH3 is 1. The molecule has 0 atom stereocenters. The highest BCUT2D eigenvalue weighted by Crippen LogP contribution is 2.36. The molecule has 3 rings (SSSR count). The lowest BCUT2D eigenvalue weighted by Crippen LogP contribution is -2.19. The summed E-state index contributed by atoms with van der Waals surface area (Å²) in [6.45, 7) is 6.44. The van der Waals surface area contributed by atoms with E-state index >= 15 is 0 Å². The molecule has 152 valence electrons. The number of hydrogen-bond donors (Lipinski definition) is 1. The molecule has 1 fully saturated rings. The third kappa shape index (κ3) is 5.32. The minimum absolute atomic E-state index is 0.0229. The Bertz CT molecular complexity index is 936. The van der Waals surface area contributed by atoms with E-state index in [0.717, 1.165) is 17.0 Å². The molecule has 0 bridgehead atoms. The minimum atomic E-state index is -0.196. The zero-order valence-electron chi connectivity index (χ0n) is 16.9. The molecule has 1 saturated heterocycles. The van der Waals surface area contributed by atoms with Gasteiger partial charge in [-0.25, -0.2) is 4.99 Å². The number of ether oxygens (including phenoxy) is 3. The monoisotopic (exact) mass is 412 g/mol. The van der Waals surface area contributed by atoms with Crippen LogP contribution in [0.1, 0.15) is 26.3 Å². The number of nitrogens with zero attached hydrogens (tertiary/aromatic N) is 1. The first-order valence-corrected chi connectivity index (χ1v) is 10.2. The summed E-state index contributed by atoms with van der Waals surface area (Å²) in [6, 6.07) is 13.0. The van der Waals surface area contributed by atoms with E-state index in [4.69, 9.17) is 14.2 Å². The van der Waals surface area contributed by atoms with Gasteiger partial charge >= 0.3 is 0 Å². The van der Waals surface area contributed by atoms with Gasteiger partial charge in [0, 0.05) is 5.56 Å². The standard InChI is InChI=1S/C22H24N2O4S/c1-5-27-17-11-9-16(10-12-17)23-22-24-21(25)19(29-22)13-15-7-6-8-18(26-4)20(15)28-14(2)3/h6-14H,5H2,1-4H3,(H,23,24,25)/b19-13+. The summed E-state index contributed by atoms with van der Waals surface area (Å²) in [4.78, 5) is 17.5. The van der Waals surface area contributed by atoms with Crippen molar-refractivity contribution < 1.29 is 19.0 Å². The summed E-state index contributed by atoms with van der Waals surface area (Å²) in [5, 5.41) is 3.33. The second kappa shape index (κ2) is 9.52. The van der Waals surface area contributed by atoms with Gasteiger partial charge in [0.05, 0.1) is 30.4 Å². The Morgan fingerprint density at radius 3 is 2.59 bits per heavy atom. The van der Waals surface area contributed by atoms with Gasteiger partial charge in [-0.15, -0.1) is 0 Å². The third-order valence-electron chi connectivity index (χ3n) is 3.90. The van der Waals surface area contributed by atoms with Gasteiger partial charge in [0.1, 0.15) is 5.75 Å². The Hall–Kier alpha value is -2.93. The van der Waals surface area contributed by atoms with Crippen molar-refractivity contribution in [3.63, 3.8) is 0 Å². The zero-order chi connectivity index (χ0) is 20.8. The largest absolute Gasteiger partial charge is 0.494 e. The number of aliphatic imine (C=N–C) groups is 1. The smallest absolute Gasteiger partial charge is 0.264 e. The Balaban J connectivity index is 1.84. The Morgan fingerprint density at radius 2 is 1.93 bits per heavy atom. The predicted molar refractivity (Wildman–Crippen MR) is 117 cm³/mol. The van der Waals surface area contributed by atoms with Gasteiger partial charge in [0.2, 0.25) is 0 Å². The van der Waals surface area contributed by atoms with Crippen molar-refractivity contribution in [3.8, 4) is 17.2 Å². The zero-order valence-corrected chi connectivity index (χ0v) is 17.7. The molecule has 2 aromatic rings. The van der Waals surface area contributed by atoms with Gasteiger partial charge in [0.25, 0.3) is 5.91 Å². The Morgan fingerprint density at radius 1 is 1.17 bits per heavy atom. The van der Waals surface area contributed by atoms with Crippen molar-refractivity contribution in [1.82, 2.24) is 5.32 Å². The van der Waals surface area contributed by atoms with Crippen LogP contribution in [0.25, 0.3) is 6.08 Å². The van der Waals surface area contributed by atoms with Crippen LogP contribution < -0.4 is 19.5 Å². The fourth-order valence-corrected chi connectivity index (χ4v) is 3.52. The van der Waals surface area contributed by atoms with Crippen LogP contribution in [0.3, 0.4) is 0 Å². The Labute approximate surface area is 175 Å². The minimum Gasteiger partial charge on any atom is -0.494 e. The van der Waals surface area contributed by atoms with Gasteiger partial charge in [-0.3, -0.25) is 4.79 Å². The van der Waals surface area contributed by atoms with Gasteiger partial charge in [-0.05, 0) is 68.9 Å². The lowest BCUT2D eigenvalue weighted by molar-refractivity contribution is -0.115. The molecular formula is C22H24N2O4S. The average Bonchev–Trinajstić information content (AvgIpc) is 3.03. The van der Waals surface area contributed by atoms with Crippen molar-refractivity contribution in [2.75, 3.05) is 13.7 Å². The quantitative estimate of drug-likeness (QED) is 0.663. The molecule has 0 unspecified atom stereocenters. The fourth-order valence-electron chi connectivity index (χ4n) is 2.69. The molecule has 7 heteroatoms. The molecule has 0 radical (unpaired) electrons. The van der Waals surface area contributed by atoms with E-state index in [-0.39, 0.29) is 12.0 Å². The van der Waals surface area contributed by atoms with Crippen LogP contribution in [-0.2, 0) is 4.79 Å². The van der Waals surface area contributed by atoms with E-state index in [2.05, 4.69) is 10.3 Å². The second-order valence-corrected chi connectivity index (χ2v) is 7.48. The maximum atomic E-state index is 12.4. The van der Waals surface area contributed by atoms with Crippen molar-refractivity contribution in [1.29, 1.82) is 0 Å². The van der Waals surface area contributed by atoms with Crippen LogP contribution in [0.15, 0.2) is 52.4 Å². The van der Waals surface area contributed by atoms with Crippen LogP contribution in [0.2, 0.25) is 0 Å². The highest BCUT2D eigenvalue weighted by molar-refractivity contribution is 8.18. The molecule has 1 aliphatic rings. The number of hydrogen-bond acceptors (Lipinski definition) is 6. The first-order valence-electron chi connectivity index (χ1n) is 9.36. The molecule has 0 aromatic heterocycles. The highest BCUT2D eigenvalue weighted by atomic mass is 32.2. The van der Waals surface area contributed by atoms with Crippen LogP contribution in [0, 0.1) is 0 Å². The first kappa shape index (κ1) is 20.8. The average molecular weight is 413 g/mol. The Kier molecular flexibility index (Phi) is 6.82. The number of rotatable bonds is 7. The molecule has 2 aromatic carbocycles. The fraction of sp³-hybridized carbons (Fsp3) is 0.273. The van der Waals surface area contributed by atoms with Crippen molar-refractivity contribution in [2.24, 2.45) is 4.99 Å². The molecular weight excluding hydrogens is 388 g/mol. The molecule has 0 saturated carbocycles. The molecule has 0 spiro atoms. The van der Waals surface area contributed by atoms with E-state index in [1.165, 1.54) is 11.8 Å². The number of para-hydroxylation sites is 1. The van der Waals surface area contributed by atoms with Crippen LogP contribution in [0.5, 0.6) is 17.2 Å². The van der Waals surface area contributed by atoms with E-state index in [1.807, 2.05) is 63.2 Å². The summed E-state index contributed by atoms with van der Waals surface area (Å²) in [6.07, 6.45) is 1.77. The van der Waals surface area contributed by atoms with Crippen LogP contribution in [-0.4, -0.2) is 30.9 Å². The molecule has 0 aliphatic carbocycles. The number of carbonyl (C=O) groups excluding carboxylic acids is 1. The molecule has 1 amide bonds. The normalized spacial score (nSPS) is 16.4. The lowest BCUT2D eigenvalue weighted by atomic mass is 10.1. The number of nitrogens with one attached hydrogen (secondary N) is 1. The molecule has 29 heavy (non-hydrogen) atoms. The van der Waals surface area contributed by atoms with Crippen LogP contribution >= 0.6 is 11.8 Å². The van der Waals surface area contributed by atoms with Crippen molar-refractivity contribution >= 4 is 34.6 Å². The van der Waals surface area contributed by atoms with E-state index in [9.17, 15) is 4.79 Å². The summed E-state index contributed by atoms with van der Waals surface area (Å²) in [7, 11) is 1.60. The molecule has 6 nitrogen and oxygen atoms in total. The number of benzene rings is 2. The predicted octanol–water partition coefficient (Wildman–Crippen LogP) is 4.77. The lowest BCUT2D eigenvalue weighted by Gasteiger charge is -2.16. The van der Waals surface area contributed by atoms with Crippen molar-refractivity contribution in [3.05, 3.63) is 52.9 Å². The number of thioether (sulfide) groups is 1. The highest BCUT2D eigenvalue weighted by Gasteiger charge is 2.25. The van der Waals surface area contributed by atoms with E-state index in [0.29, 0.717) is 28.2 Å². The van der Waals surface area contributed by atoms with Gasteiger partial charge < -0.3 is 19.5 Å². The van der Waals surface area contributed by atoms with Gasteiger partial charge in [0.15, 0.2) is 16.7 Å². The number of amides is 1. The second-order valence-electron chi connectivity index (χ2n) is 6.45.